The zero-order chi connectivity index (χ0) is 12.3. The summed E-state index contributed by atoms with van der Waals surface area (Å²) in [6, 6.07) is 5.84. The van der Waals surface area contributed by atoms with Gasteiger partial charge >= 0.3 is 0 Å². The fraction of sp³-hybridized carbons (Fsp3) is 0.250. The van der Waals surface area contributed by atoms with Crippen LogP contribution in [0.15, 0.2) is 34.2 Å². The molecule has 0 bridgehead atoms. The van der Waals surface area contributed by atoms with Gasteiger partial charge in [-0.3, -0.25) is 0 Å². The molecular weight excluding hydrogens is 300 g/mol. The van der Waals surface area contributed by atoms with Gasteiger partial charge in [0.25, 0.3) is 0 Å². The topological polar surface area (TPSA) is 48.1 Å². The largest absolute Gasteiger partial charge is 0.486 e. The van der Waals surface area contributed by atoms with Crippen LogP contribution in [0, 0.1) is 0 Å². The van der Waals surface area contributed by atoms with Gasteiger partial charge < -0.3 is 10.5 Å². The highest BCUT2D eigenvalue weighted by atomic mass is 79.9. The molecule has 2 rings (SSSR count). The van der Waals surface area contributed by atoms with E-state index in [1.165, 1.54) is 0 Å². The lowest BCUT2D eigenvalue weighted by Crippen LogP contribution is -2.08. The molecular formula is C12H13BrN2OS. The monoisotopic (exact) mass is 312 g/mol. The molecule has 0 fully saturated rings. The number of aromatic nitrogens is 1. The van der Waals surface area contributed by atoms with Crippen LogP contribution in [0.4, 0.5) is 0 Å². The van der Waals surface area contributed by atoms with E-state index in [2.05, 4.69) is 20.9 Å². The van der Waals surface area contributed by atoms with Crippen molar-refractivity contribution in [3.8, 4) is 5.75 Å². The highest BCUT2D eigenvalue weighted by Gasteiger charge is 2.09. The summed E-state index contributed by atoms with van der Waals surface area (Å²) in [6.45, 7) is 2.42. The first kappa shape index (κ1) is 12.5. The Balaban J connectivity index is 2.16. The summed E-state index contributed by atoms with van der Waals surface area (Å²) in [6.07, 6.45) is 1.77. The molecule has 1 heterocycles. The maximum Gasteiger partial charge on any atom is 0.140 e. The summed E-state index contributed by atoms with van der Waals surface area (Å²) in [4.78, 5) is 4.18. The summed E-state index contributed by atoms with van der Waals surface area (Å²) < 4.78 is 6.74. The molecule has 2 N–H and O–H groups in total. The number of benzene rings is 1. The lowest BCUT2D eigenvalue weighted by Gasteiger charge is -2.13. The van der Waals surface area contributed by atoms with E-state index in [1.807, 2.05) is 30.5 Å². The number of hydrogen-bond acceptors (Lipinski definition) is 4. The summed E-state index contributed by atoms with van der Waals surface area (Å²) in [5.41, 5.74) is 6.91. The fourth-order valence-corrected chi connectivity index (χ4v) is 2.34. The average Bonchev–Trinajstić information content (AvgIpc) is 2.78. The molecule has 90 valence electrons. The highest BCUT2D eigenvalue weighted by Crippen LogP contribution is 2.28. The summed E-state index contributed by atoms with van der Waals surface area (Å²) in [5.74, 6) is 0.810. The third-order valence-corrected chi connectivity index (χ3v) is 3.55. The van der Waals surface area contributed by atoms with Crippen molar-refractivity contribution in [1.82, 2.24) is 4.98 Å². The lowest BCUT2D eigenvalue weighted by molar-refractivity contribution is 0.300. The molecule has 0 radical (unpaired) electrons. The smallest absolute Gasteiger partial charge is 0.140 e. The number of nitrogens with two attached hydrogens (primary N) is 1. The highest BCUT2D eigenvalue weighted by molar-refractivity contribution is 9.10. The minimum absolute atomic E-state index is 0.0469. The predicted octanol–water partition coefficient (Wildman–Crippen LogP) is 3.50. The quantitative estimate of drug-likeness (QED) is 0.940. The normalized spacial score (nSPS) is 12.4. The van der Waals surface area contributed by atoms with Crippen LogP contribution in [0.2, 0.25) is 0 Å². The Morgan fingerprint density at radius 3 is 3.00 bits per heavy atom. The number of nitrogens with zero attached hydrogens (tertiary/aromatic N) is 1. The third-order valence-electron chi connectivity index (χ3n) is 2.30. The van der Waals surface area contributed by atoms with Crippen LogP contribution in [0.5, 0.6) is 5.75 Å². The second-order valence-electron chi connectivity index (χ2n) is 3.69. The third kappa shape index (κ3) is 3.28. The van der Waals surface area contributed by atoms with E-state index in [9.17, 15) is 0 Å². The van der Waals surface area contributed by atoms with Gasteiger partial charge in [0.15, 0.2) is 0 Å². The molecule has 1 atom stereocenters. The van der Waals surface area contributed by atoms with E-state index >= 15 is 0 Å². The van der Waals surface area contributed by atoms with Crippen LogP contribution >= 0.6 is 27.3 Å². The molecule has 1 aromatic heterocycles. The van der Waals surface area contributed by atoms with Crippen LogP contribution in [0.25, 0.3) is 0 Å². The van der Waals surface area contributed by atoms with Gasteiger partial charge in [-0.2, -0.15) is 0 Å². The molecule has 1 aromatic carbocycles. The van der Waals surface area contributed by atoms with Gasteiger partial charge in [-0.15, -0.1) is 11.3 Å². The van der Waals surface area contributed by atoms with E-state index < -0.39 is 0 Å². The standard InChI is InChI=1S/C12H13BrN2OS/c1-8(14)10-3-2-9(13)6-11(10)16-7-12-15-4-5-17-12/h2-6,8H,7,14H2,1H3/t8-/m1/s1. The maximum atomic E-state index is 5.91. The Labute approximate surface area is 113 Å². The first-order valence-electron chi connectivity index (χ1n) is 5.23. The van der Waals surface area contributed by atoms with E-state index in [4.69, 9.17) is 10.5 Å². The van der Waals surface area contributed by atoms with Crippen molar-refractivity contribution in [3.05, 3.63) is 44.8 Å². The second kappa shape index (κ2) is 5.62. The van der Waals surface area contributed by atoms with E-state index in [-0.39, 0.29) is 6.04 Å². The first-order valence-corrected chi connectivity index (χ1v) is 6.90. The van der Waals surface area contributed by atoms with Gasteiger partial charge in [0.1, 0.15) is 17.4 Å². The molecule has 0 saturated carbocycles. The number of thiazole rings is 1. The predicted molar refractivity (Wildman–Crippen MR) is 73.2 cm³/mol. The molecule has 0 spiro atoms. The van der Waals surface area contributed by atoms with E-state index in [0.29, 0.717) is 6.61 Å². The van der Waals surface area contributed by atoms with Crippen molar-refractivity contribution in [3.63, 3.8) is 0 Å². The molecule has 0 aliphatic heterocycles. The minimum Gasteiger partial charge on any atom is -0.486 e. The molecule has 0 aliphatic rings. The summed E-state index contributed by atoms with van der Waals surface area (Å²) in [5, 5.41) is 2.90. The maximum absolute atomic E-state index is 5.91. The number of hydrogen-bond donors (Lipinski definition) is 1. The van der Waals surface area contributed by atoms with Crippen LogP contribution in [-0.2, 0) is 6.61 Å². The number of ether oxygens (including phenoxy) is 1. The second-order valence-corrected chi connectivity index (χ2v) is 5.58. The van der Waals surface area contributed by atoms with Gasteiger partial charge in [0, 0.05) is 27.7 Å². The van der Waals surface area contributed by atoms with E-state index in [1.54, 1.807) is 17.5 Å². The van der Waals surface area contributed by atoms with Gasteiger partial charge in [0.2, 0.25) is 0 Å². The van der Waals surface area contributed by atoms with Crippen molar-refractivity contribution in [2.75, 3.05) is 0 Å². The molecule has 5 heteroatoms. The molecule has 0 unspecified atom stereocenters. The van der Waals surface area contributed by atoms with E-state index in [0.717, 1.165) is 20.8 Å². The Bertz CT molecular complexity index is 485. The minimum atomic E-state index is -0.0469. The molecule has 3 nitrogen and oxygen atoms in total. The van der Waals surface area contributed by atoms with Gasteiger partial charge in [-0.1, -0.05) is 22.0 Å². The molecule has 0 amide bonds. The zero-order valence-electron chi connectivity index (χ0n) is 9.39. The average molecular weight is 313 g/mol. The first-order chi connectivity index (χ1) is 8.16. The van der Waals surface area contributed by atoms with Crippen LogP contribution in [0.1, 0.15) is 23.5 Å². The Morgan fingerprint density at radius 2 is 2.35 bits per heavy atom. The van der Waals surface area contributed by atoms with Crippen molar-refractivity contribution < 1.29 is 4.74 Å². The van der Waals surface area contributed by atoms with Gasteiger partial charge in [-0.05, 0) is 19.1 Å². The molecule has 0 saturated heterocycles. The summed E-state index contributed by atoms with van der Waals surface area (Å²) >= 11 is 5.01. The zero-order valence-corrected chi connectivity index (χ0v) is 11.8. The van der Waals surface area contributed by atoms with Crippen molar-refractivity contribution in [2.24, 2.45) is 5.73 Å². The SMILES string of the molecule is C[C@@H](N)c1ccc(Br)cc1OCc1nccs1. The number of halogens is 1. The van der Waals surface area contributed by atoms with Crippen molar-refractivity contribution in [2.45, 2.75) is 19.6 Å². The molecule has 17 heavy (non-hydrogen) atoms. The van der Waals surface area contributed by atoms with Crippen LogP contribution < -0.4 is 10.5 Å². The lowest BCUT2D eigenvalue weighted by atomic mass is 10.1. The summed E-state index contributed by atoms with van der Waals surface area (Å²) in [7, 11) is 0. The van der Waals surface area contributed by atoms with Gasteiger partial charge in [-0.25, -0.2) is 4.98 Å². The van der Waals surface area contributed by atoms with Gasteiger partial charge in [0.05, 0.1) is 0 Å². The van der Waals surface area contributed by atoms with Crippen molar-refractivity contribution in [1.29, 1.82) is 0 Å². The molecule has 2 aromatic rings. The fourth-order valence-electron chi connectivity index (χ4n) is 1.47. The van der Waals surface area contributed by atoms with Crippen LogP contribution in [-0.4, -0.2) is 4.98 Å². The van der Waals surface area contributed by atoms with Crippen molar-refractivity contribution >= 4 is 27.3 Å². The number of rotatable bonds is 4. The Kier molecular flexibility index (Phi) is 4.15. The van der Waals surface area contributed by atoms with Crippen LogP contribution in [0.3, 0.4) is 0 Å². The Hall–Kier alpha value is -0.910. The molecule has 0 aliphatic carbocycles. The Morgan fingerprint density at radius 1 is 1.53 bits per heavy atom.